The summed E-state index contributed by atoms with van der Waals surface area (Å²) in [4.78, 5) is 8.38. The van der Waals surface area contributed by atoms with Gasteiger partial charge in [-0.15, -0.1) is 0 Å². The van der Waals surface area contributed by atoms with Crippen molar-refractivity contribution in [1.29, 1.82) is 0 Å². The second-order valence-corrected chi connectivity index (χ2v) is 4.01. The van der Waals surface area contributed by atoms with E-state index in [1.165, 1.54) is 11.5 Å². The molecule has 0 bridgehead atoms. The van der Waals surface area contributed by atoms with Gasteiger partial charge in [0.25, 0.3) is 0 Å². The van der Waals surface area contributed by atoms with Crippen molar-refractivity contribution in [3.63, 3.8) is 0 Å². The number of aryl methyl sites for hydroxylation is 1. The first kappa shape index (κ1) is 8.11. The summed E-state index contributed by atoms with van der Waals surface area (Å²) in [5, 5.41) is 0.875. The molecule has 0 aliphatic heterocycles. The highest BCUT2D eigenvalue weighted by atomic mass is 127. The zero-order valence-corrected chi connectivity index (χ0v) is 9.20. The lowest BCUT2D eigenvalue weighted by Gasteiger charge is -1.83. The van der Waals surface area contributed by atoms with Gasteiger partial charge in [-0.1, -0.05) is 0 Å². The van der Waals surface area contributed by atoms with Crippen LogP contribution in [0.3, 0.4) is 0 Å². The normalized spacial score (nSPS) is 10.5. The minimum atomic E-state index is 0.776. The van der Waals surface area contributed by atoms with Crippen LogP contribution in [0.2, 0.25) is 0 Å². The standard InChI is InChI=1S/C6H5IN4S/c1-11-2-4(8-3-11)5-9-6(7)10-12-5/h2-3H,1H3. The lowest BCUT2D eigenvalue weighted by Crippen LogP contribution is -1.78. The van der Waals surface area contributed by atoms with Crippen LogP contribution < -0.4 is 0 Å². The number of hydrogen-bond acceptors (Lipinski definition) is 4. The number of hydrogen-bond donors (Lipinski definition) is 0. The summed E-state index contributed by atoms with van der Waals surface area (Å²) in [6.45, 7) is 0. The Morgan fingerprint density at radius 2 is 2.42 bits per heavy atom. The van der Waals surface area contributed by atoms with Crippen molar-refractivity contribution in [1.82, 2.24) is 18.9 Å². The van der Waals surface area contributed by atoms with Crippen LogP contribution in [0, 0.1) is 3.83 Å². The fraction of sp³-hybridized carbons (Fsp3) is 0.167. The molecule has 0 aromatic carbocycles. The fourth-order valence-electron chi connectivity index (χ4n) is 0.833. The Hall–Kier alpha value is -0.500. The molecule has 0 radical (unpaired) electrons. The molecule has 0 atom stereocenters. The summed E-state index contributed by atoms with van der Waals surface area (Å²) < 4.78 is 6.74. The van der Waals surface area contributed by atoms with Crippen LogP contribution >= 0.6 is 34.1 Å². The van der Waals surface area contributed by atoms with Gasteiger partial charge in [0, 0.05) is 35.8 Å². The Labute approximate surface area is 87.0 Å². The molecule has 6 heteroatoms. The molecule has 2 rings (SSSR count). The molecule has 0 spiro atoms. The Kier molecular flexibility index (Phi) is 2.09. The van der Waals surface area contributed by atoms with Crippen LogP contribution in [-0.2, 0) is 7.05 Å². The van der Waals surface area contributed by atoms with Crippen molar-refractivity contribution in [2.24, 2.45) is 7.05 Å². The largest absolute Gasteiger partial charge is 0.340 e. The quantitative estimate of drug-likeness (QED) is 0.749. The van der Waals surface area contributed by atoms with Crippen LogP contribution in [0.15, 0.2) is 12.5 Å². The van der Waals surface area contributed by atoms with E-state index in [9.17, 15) is 0 Å². The van der Waals surface area contributed by atoms with Gasteiger partial charge in [0.2, 0.25) is 3.83 Å². The van der Waals surface area contributed by atoms with Gasteiger partial charge in [0.1, 0.15) is 5.69 Å². The van der Waals surface area contributed by atoms with Gasteiger partial charge in [-0.3, -0.25) is 0 Å². The third kappa shape index (κ3) is 1.48. The summed E-state index contributed by atoms with van der Waals surface area (Å²) in [6, 6.07) is 0. The molecule has 0 unspecified atom stereocenters. The van der Waals surface area contributed by atoms with Crippen molar-refractivity contribution in [2.45, 2.75) is 0 Å². The van der Waals surface area contributed by atoms with E-state index in [0.29, 0.717) is 0 Å². The van der Waals surface area contributed by atoms with Crippen molar-refractivity contribution >= 4 is 34.1 Å². The smallest absolute Gasteiger partial charge is 0.203 e. The zero-order chi connectivity index (χ0) is 8.55. The van der Waals surface area contributed by atoms with E-state index in [0.717, 1.165) is 14.5 Å². The van der Waals surface area contributed by atoms with Crippen molar-refractivity contribution in [3.8, 4) is 10.7 Å². The predicted octanol–water partition coefficient (Wildman–Crippen LogP) is 1.54. The third-order valence-electron chi connectivity index (χ3n) is 1.33. The van der Waals surface area contributed by atoms with Crippen LogP contribution in [-0.4, -0.2) is 18.9 Å². The Morgan fingerprint density at radius 1 is 1.58 bits per heavy atom. The molecule has 0 aliphatic rings. The maximum absolute atomic E-state index is 4.21. The second-order valence-electron chi connectivity index (χ2n) is 2.29. The van der Waals surface area contributed by atoms with Gasteiger partial charge in [0.05, 0.1) is 6.33 Å². The Balaban J connectivity index is 2.43. The highest BCUT2D eigenvalue weighted by molar-refractivity contribution is 14.1. The number of imidazole rings is 1. The lowest BCUT2D eigenvalue weighted by atomic mass is 10.5. The van der Waals surface area contributed by atoms with Gasteiger partial charge in [-0.25, -0.2) is 9.97 Å². The lowest BCUT2D eigenvalue weighted by molar-refractivity contribution is 0.913. The number of halogens is 1. The topological polar surface area (TPSA) is 43.6 Å². The van der Waals surface area contributed by atoms with Gasteiger partial charge >= 0.3 is 0 Å². The van der Waals surface area contributed by atoms with Crippen molar-refractivity contribution in [3.05, 3.63) is 16.4 Å². The Bertz CT molecular complexity index is 355. The first-order chi connectivity index (χ1) is 5.75. The summed E-state index contributed by atoms with van der Waals surface area (Å²) in [5.41, 5.74) is 0.887. The summed E-state index contributed by atoms with van der Waals surface area (Å²) in [7, 11) is 1.93. The SMILES string of the molecule is Cn1cnc(-c2nc(I)ns2)c1. The van der Waals surface area contributed by atoms with E-state index in [-0.39, 0.29) is 0 Å². The average Bonchev–Trinajstić information content (AvgIpc) is 2.58. The van der Waals surface area contributed by atoms with E-state index < -0.39 is 0 Å². The molecule has 2 heterocycles. The first-order valence-corrected chi connectivity index (χ1v) is 5.08. The molecule has 0 N–H and O–H groups in total. The van der Waals surface area contributed by atoms with Gasteiger partial charge in [0.15, 0.2) is 5.01 Å². The molecule has 0 saturated heterocycles. The van der Waals surface area contributed by atoms with Crippen LogP contribution in [0.5, 0.6) is 0 Å². The van der Waals surface area contributed by atoms with Crippen LogP contribution in [0.25, 0.3) is 10.7 Å². The van der Waals surface area contributed by atoms with Crippen molar-refractivity contribution in [2.75, 3.05) is 0 Å². The monoisotopic (exact) mass is 292 g/mol. The minimum Gasteiger partial charge on any atom is -0.340 e. The predicted molar refractivity (Wildman–Crippen MR) is 54.8 cm³/mol. The van der Waals surface area contributed by atoms with E-state index >= 15 is 0 Å². The summed E-state index contributed by atoms with van der Waals surface area (Å²) in [6.07, 6.45) is 3.68. The minimum absolute atomic E-state index is 0.776. The number of aromatic nitrogens is 4. The third-order valence-corrected chi connectivity index (χ3v) is 2.87. The zero-order valence-electron chi connectivity index (χ0n) is 6.23. The van der Waals surface area contributed by atoms with Gasteiger partial charge in [-0.05, 0) is 11.5 Å². The molecule has 12 heavy (non-hydrogen) atoms. The molecule has 0 aliphatic carbocycles. The van der Waals surface area contributed by atoms with E-state index in [1.54, 1.807) is 6.33 Å². The van der Waals surface area contributed by atoms with Crippen molar-refractivity contribution < 1.29 is 0 Å². The molecule has 62 valence electrons. The summed E-state index contributed by atoms with van der Waals surface area (Å²) in [5.74, 6) is 0. The molecule has 2 aromatic heterocycles. The molecular weight excluding hydrogens is 287 g/mol. The maximum atomic E-state index is 4.21. The Morgan fingerprint density at radius 3 is 2.92 bits per heavy atom. The van der Waals surface area contributed by atoms with E-state index in [4.69, 9.17) is 0 Å². The molecule has 0 fully saturated rings. The molecular formula is C6H5IN4S. The second kappa shape index (κ2) is 3.09. The summed E-state index contributed by atoms with van der Waals surface area (Å²) >= 11 is 3.46. The molecule has 2 aromatic rings. The molecule has 0 amide bonds. The highest BCUT2D eigenvalue weighted by Gasteiger charge is 2.06. The first-order valence-electron chi connectivity index (χ1n) is 3.23. The molecule has 4 nitrogen and oxygen atoms in total. The maximum Gasteiger partial charge on any atom is 0.203 e. The number of rotatable bonds is 1. The van der Waals surface area contributed by atoms with Gasteiger partial charge in [-0.2, -0.15) is 4.37 Å². The highest BCUT2D eigenvalue weighted by Crippen LogP contribution is 2.19. The molecule has 0 saturated carbocycles. The van der Waals surface area contributed by atoms with E-state index in [2.05, 4.69) is 36.9 Å². The number of nitrogens with zero attached hydrogens (tertiary/aromatic N) is 4. The van der Waals surface area contributed by atoms with E-state index in [1.807, 2.05) is 17.8 Å². The fourth-order valence-corrected chi connectivity index (χ4v) is 2.06. The van der Waals surface area contributed by atoms with Crippen LogP contribution in [0.1, 0.15) is 0 Å². The van der Waals surface area contributed by atoms with Crippen LogP contribution in [0.4, 0.5) is 0 Å². The average molecular weight is 292 g/mol. The van der Waals surface area contributed by atoms with Gasteiger partial charge < -0.3 is 4.57 Å².